The third-order valence-electron chi connectivity index (χ3n) is 5.08. The van der Waals surface area contributed by atoms with Crippen molar-refractivity contribution in [3.8, 4) is 22.8 Å². The van der Waals surface area contributed by atoms with Gasteiger partial charge in [0.1, 0.15) is 5.75 Å². The van der Waals surface area contributed by atoms with Crippen LogP contribution in [0.3, 0.4) is 0 Å². The molecule has 0 N–H and O–H groups in total. The van der Waals surface area contributed by atoms with Crippen molar-refractivity contribution < 1.29 is 4.74 Å². The van der Waals surface area contributed by atoms with Gasteiger partial charge in [-0.1, -0.05) is 53.2 Å². The normalized spacial score (nSPS) is 11.0. The standard InChI is InChI=1S/C24H21Cl2N3OS/c1-15-4-5-17(12-16(15)2)14-31-24-28-27-23(18-6-9-20(30-3)10-7-18)29(24)19-8-11-21(25)22(26)13-19/h4-13H,14H2,1-3H3. The highest BCUT2D eigenvalue weighted by Crippen LogP contribution is 2.33. The summed E-state index contributed by atoms with van der Waals surface area (Å²) < 4.78 is 7.29. The van der Waals surface area contributed by atoms with Gasteiger partial charge in [-0.25, -0.2) is 0 Å². The van der Waals surface area contributed by atoms with Gasteiger partial charge in [0.05, 0.1) is 22.8 Å². The predicted molar refractivity (Wildman–Crippen MR) is 129 cm³/mol. The fourth-order valence-electron chi connectivity index (χ4n) is 3.19. The van der Waals surface area contributed by atoms with Crippen LogP contribution in [-0.4, -0.2) is 21.9 Å². The van der Waals surface area contributed by atoms with E-state index in [0.717, 1.165) is 33.7 Å². The zero-order chi connectivity index (χ0) is 22.0. The van der Waals surface area contributed by atoms with E-state index in [1.165, 1.54) is 16.7 Å². The zero-order valence-electron chi connectivity index (χ0n) is 17.4. The molecule has 0 saturated carbocycles. The Morgan fingerprint density at radius 3 is 2.32 bits per heavy atom. The second-order valence-electron chi connectivity index (χ2n) is 7.18. The molecule has 158 valence electrons. The highest BCUT2D eigenvalue weighted by molar-refractivity contribution is 7.98. The molecule has 31 heavy (non-hydrogen) atoms. The first kappa shape index (κ1) is 21.8. The van der Waals surface area contributed by atoms with Crippen LogP contribution in [0.5, 0.6) is 5.75 Å². The van der Waals surface area contributed by atoms with Crippen molar-refractivity contribution in [2.24, 2.45) is 0 Å². The van der Waals surface area contributed by atoms with E-state index >= 15 is 0 Å². The number of hydrogen-bond donors (Lipinski definition) is 0. The molecule has 4 aromatic rings. The smallest absolute Gasteiger partial charge is 0.196 e. The average molecular weight is 470 g/mol. The third kappa shape index (κ3) is 4.74. The molecular weight excluding hydrogens is 449 g/mol. The largest absolute Gasteiger partial charge is 0.497 e. The second-order valence-corrected chi connectivity index (χ2v) is 8.93. The van der Waals surface area contributed by atoms with Gasteiger partial charge < -0.3 is 4.74 Å². The SMILES string of the molecule is COc1ccc(-c2nnc(SCc3ccc(C)c(C)c3)n2-c2ccc(Cl)c(Cl)c2)cc1. The molecule has 0 aliphatic heterocycles. The molecule has 3 aromatic carbocycles. The summed E-state index contributed by atoms with van der Waals surface area (Å²) in [6, 6.07) is 19.8. The molecule has 4 rings (SSSR count). The highest BCUT2D eigenvalue weighted by atomic mass is 35.5. The van der Waals surface area contributed by atoms with E-state index in [1.54, 1.807) is 24.9 Å². The van der Waals surface area contributed by atoms with Gasteiger partial charge in [0.25, 0.3) is 0 Å². The second kappa shape index (κ2) is 9.35. The number of nitrogens with zero attached hydrogens (tertiary/aromatic N) is 3. The molecule has 4 nitrogen and oxygen atoms in total. The van der Waals surface area contributed by atoms with E-state index < -0.39 is 0 Å². The van der Waals surface area contributed by atoms with Crippen molar-refractivity contribution in [1.29, 1.82) is 0 Å². The first-order valence-corrected chi connectivity index (χ1v) is 11.4. The summed E-state index contributed by atoms with van der Waals surface area (Å²) in [6.45, 7) is 4.25. The average Bonchev–Trinajstić information content (AvgIpc) is 3.20. The van der Waals surface area contributed by atoms with E-state index in [0.29, 0.717) is 10.0 Å². The fourth-order valence-corrected chi connectivity index (χ4v) is 4.38. The fraction of sp³-hybridized carbons (Fsp3) is 0.167. The summed E-state index contributed by atoms with van der Waals surface area (Å²) in [5.74, 6) is 2.29. The topological polar surface area (TPSA) is 39.9 Å². The zero-order valence-corrected chi connectivity index (χ0v) is 19.7. The Morgan fingerprint density at radius 1 is 0.871 bits per heavy atom. The van der Waals surface area contributed by atoms with Crippen LogP contribution in [-0.2, 0) is 5.75 Å². The number of methoxy groups -OCH3 is 1. The molecule has 0 amide bonds. The molecule has 7 heteroatoms. The van der Waals surface area contributed by atoms with E-state index in [-0.39, 0.29) is 0 Å². The van der Waals surface area contributed by atoms with Crippen LogP contribution in [0.15, 0.2) is 65.8 Å². The Balaban J connectivity index is 1.74. The Morgan fingerprint density at radius 2 is 1.65 bits per heavy atom. The van der Waals surface area contributed by atoms with Crippen molar-refractivity contribution >= 4 is 35.0 Å². The maximum Gasteiger partial charge on any atom is 0.196 e. The Kier molecular flexibility index (Phi) is 6.56. The summed E-state index contributed by atoms with van der Waals surface area (Å²) in [6.07, 6.45) is 0. The molecule has 0 atom stereocenters. The summed E-state index contributed by atoms with van der Waals surface area (Å²) in [5.41, 5.74) is 5.59. The Hall–Kier alpha value is -2.47. The van der Waals surface area contributed by atoms with E-state index in [1.807, 2.05) is 41.0 Å². The summed E-state index contributed by atoms with van der Waals surface area (Å²) >= 11 is 14.1. The van der Waals surface area contributed by atoms with Crippen molar-refractivity contribution in [1.82, 2.24) is 14.8 Å². The molecule has 1 aromatic heterocycles. The predicted octanol–water partition coefficient (Wildman–Crippen LogP) is 7.16. The highest BCUT2D eigenvalue weighted by Gasteiger charge is 2.17. The number of benzene rings is 3. The van der Waals surface area contributed by atoms with Gasteiger partial charge in [-0.3, -0.25) is 4.57 Å². The Labute approximate surface area is 196 Å². The maximum atomic E-state index is 6.32. The van der Waals surface area contributed by atoms with Gasteiger partial charge in [-0.2, -0.15) is 0 Å². The summed E-state index contributed by atoms with van der Waals surface area (Å²) in [4.78, 5) is 0. The van der Waals surface area contributed by atoms with Crippen LogP contribution in [0.4, 0.5) is 0 Å². The van der Waals surface area contributed by atoms with Gasteiger partial charge >= 0.3 is 0 Å². The number of halogens is 2. The number of rotatable bonds is 6. The van der Waals surface area contributed by atoms with Gasteiger partial charge in [0, 0.05) is 11.3 Å². The van der Waals surface area contributed by atoms with Crippen LogP contribution in [0.1, 0.15) is 16.7 Å². The lowest BCUT2D eigenvalue weighted by atomic mass is 10.1. The molecule has 0 fully saturated rings. The van der Waals surface area contributed by atoms with Crippen molar-refractivity contribution in [2.45, 2.75) is 24.8 Å². The molecular formula is C24H21Cl2N3OS. The van der Waals surface area contributed by atoms with Crippen LogP contribution in [0, 0.1) is 13.8 Å². The van der Waals surface area contributed by atoms with E-state index in [2.05, 4.69) is 42.2 Å². The van der Waals surface area contributed by atoms with Gasteiger partial charge in [0.15, 0.2) is 11.0 Å². The number of hydrogen-bond acceptors (Lipinski definition) is 4. The lowest BCUT2D eigenvalue weighted by molar-refractivity contribution is 0.415. The maximum absolute atomic E-state index is 6.32. The summed E-state index contributed by atoms with van der Waals surface area (Å²) in [5, 5.41) is 10.7. The number of thioether (sulfide) groups is 1. The molecule has 0 radical (unpaired) electrons. The van der Waals surface area contributed by atoms with Gasteiger partial charge in [0.2, 0.25) is 0 Å². The number of ether oxygens (including phenoxy) is 1. The minimum absolute atomic E-state index is 0.485. The lowest BCUT2D eigenvalue weighted by Crippen LogP contribution is -2.00. The molecule has 0 bridgehead atoms. The number of aryl methyl sites for hydroxylation is 2. The van der Waals surface area contributed by atoms with Gasteiger partial charge in [-0.15, -0.1) is 10.2 Å². The van der Waals surface area contributed by atoms with Crippen molar-refractivity contribution in [3.63, 3.8) is 0 Å². The molecule has 0 saturated heterocycles. The molecule has 0 spiro atoms. The first-order chi connectivity index (χ1) is 15.0. The molecule has 0 unspecified atom stereocenters. The molecule has 1 heterocycles. The lowest BCUT2D eigenvalue weighted by Gasteiger charge is -2.12. The Bertz CT molecular complexity index is 1220. The monoisotopic (exact) mass is 469 g/mol. The van der Waals surface area contributed by atoms with Crippen molar-refractivity contribution in [2.75, 3.05) is 7.11 Å². The minimum atomic E-state index is 0.485. The minimum Gasteiger partial charge on any atom is -0.497 e. The van der Waals surface area contributed by atoms with Crippen LogP contribution in [0.25, 0.3) is 17.1 Å². The first-order valence-electron chi connectivity index (χ1n) is 9.70. The quantitative estimate of drug-likeness (QED) is 0.281. The third-order valence-corrected chi connectivity index (χ3v) is 6.82. The molecule has 0 aliphatic carbocycles. The van der Waals surface area contributed by atoms with Crippen LogP contribution in [0.2, 0.25) is 10.0 Å². The van der Waals surface area contributed by atoms with Gasteiger partial charge in [-0.05, 0) is 73.0 Å². The molecule has 0 aliphatic rings. The number of aromatic nitrogens is 3. The summed E-state index contributed by atoms with van der Waals surface area (Å²) in [7, 11) is 1.65. The van der Waals surface area contributed by atoms with Crippen molar-refractivity contribution in [3.05, 3.63) is 87.4 Å². The van der Waals surface area contributed by atoms with E-state index in [4.69, 9.17) is 27.9 Å². The van der Waals surface area contributed by atoms with Crippen LogP contribution >= 0.6 is 35.0 Å². The van der Waals surface area contributed by atoms with E-state index in [9.17, 15) is 0 Å². The van der Waals surface area contributed by atoms with Crippen LogP contribution < -0.4 is 4.74 Å².